The van der Waals surface area contributed by atoms with Crippen molar-refractivity contribution in [2.24, 2.45) is 5.41 Å². The molecule has 96 valence electrons. The van der Waals surface area contributed by atoms with Gasteiger partial charge in [-0.05, 0) is 25.5 Å². The first-order valence-electron chi connectivity index (χ1n) is 6.39. The summed E-state index contributed by atoms with van der Waals surface area (Å²) in [5.74, 6) is 0. The number of nitro benzene ring substituents is 1. The van der Waals surface area contributed by atoms with Crippen molar-refractivity contribution in [1.29, 1.82) is 0 Å². The lowest BCUT2D eigenvalue weighted by atomic mass is 9.86. The number of anilines is 1. The van der Waals surface area contributed by atoms with E-state index in [2.05, 4.69) is 10.2 Å². The Morgan fingerprint density at radius 2 is 2.17 bits per heavy atom. The third-order valence-corrected chi connectivity index (χ3v) is 4.19. The summed E-state index contributed by atoms with van der Waals surface area (Å²) in [5, 5.41) is 14.5. The van der Waals surface area contributed by atoms with Crippen molar-refractivity contribution in [3.05, 3.63) is 34.4 Å². The molecule has 0 aliphatic carbocycles. The summed E-state index contributed by atoms with van der Waals surface area (Å²) in [4.78, 5) is 12.9. The molecule has 2 aliphatic heterocycles. The maximum atomic E-state index is 11.1. The number of nitrogens with one attached hydrogen (secondary N) is 1. The monoisotopic (exact) mass is 247 g/mol. The minimum Gasteiger partial charge on any atom is -0.365 e. The van der Waals surface area contributed by atoms with E-state index >= 15 is 0 Å². The van der Waals surface area contributed by atoms with E-state index in [0.29, 0.717) is 5.41 Å². The predicted octanol–water partition coefficient (Wildman–Crippen LogP) is 1.78. The smallest absolute Gasteiger partial charge is 0.292 e. The summed E-state index contributed by atoms with van der Waals surface area (Å²) in [6.45, 7) is 3.98. The molecule has 1 N–H and O–H groups in total. The molecule has 2 fully saturated rings. The van der Waals surface area contributed by atoms with E-state index in [9.17, 15) is 10.1 Å². The van der Waals surface area contributed by atoms with Crippen molar-refractivity contribution in [3.63, 3.8) is 0 Å². The van der Waals surface area contributed by atoms with Crippen LogP contribution in [0.15, 0.2) is 24.3 Å². The first kappa shape index (κ1) is 11.5. The van der Waals surface area contributed by atoms with Gasteiger partial charge in [-0.1, -0.05) is 12.1 Å². The Labute approximate surface area is 106 Å². The normalized spacial score (nSPS) is 27.0. The molecular weight excluding hydrogens is 230 g/mol. The number of benzene rings is 1. The van der Waals surface area contributed by atoms with E-state index in [1.165, 1.54) is 6.42 Å². The third-order valence-electron chi connectivity index (χ3n) is 4.19. The van der Waals surface area contributed by atoms with Crippen LogP contribution in [-0.4, -0.2) is 31.1 Å². The van der Waals surface area contributed by atoms with Gasteiger partial charge in [0.2, 0.25) is 0 Å². The summed E-state index contributed by atoms with van der Waals surface area (Å²) in [7, 11) is 0. The summed E-state index contributed by atoms with van der Waals surface area (Å²) in [5.41, 5.74) is 1.33. The lowest BCUT2D eigenvalue weighted by molar-refractivity contribution is -0.384. The maximum absolute atomic E-state index is 11.1. The Bertz CT molecular complexity index is 469. The van der Waals surface area contributed by atoms with Crippen LogP contribution in [0.3, 0.4) is 0 Å². The SMILES string of the molecule is O=[N+]([O-])c1ccccc1N1CCC2(CCNC2)C1. The summed E-state index contributed by atoms with van der Waals surface area (Å²) < 4.78 is 0. The van der Waals surface area contributed by atoms with Crippen LogP contribution in [0, 0.1) is 15.5 Å². The molecule has 2 saturated heterocycles. The summed E-state index contributed by atoms with van der Waals surface area (Å²) >= 11 is 0. The Balaban J connectivity index is 1.86. The van der Waals surface area contributed by atoms with Crippen LogP contribution in [0.4, 0.5) is 11.4 Å². The molecule has 18 heavy (non-hydrogen) atoms. The first-order valence-corrected chi connectivity index (χ1v) is 6.39. The highest BCUT2D eigenvalue weighted by molar-refractivity contribution is 5.63. The number of hydrogen-bond donors (Lipinski definition) is 1. The molecule has 0 amide bonds. The van der Waals surface area contributed by atoms with Crippen LogP contribution >= 0.6 is 0 Å². The zero-order chi connectivity index (χ0) is 12.6. The second kappa shape index (κ2) is 4.24. The Morgan fingerprint density at radius 3 is 2.89 bits per heavy atom. The van der Waals surface area contributed by atoms with Gasteiger partial charge in [0.25, 0.3) is 5.69 Å². The van der Waals surface area contributed by atoms with Crippen molar-refractivity contribution in [1.82, 2.24) is 5.32 Å². The van der Waals surface area contributed by atoms with E-state index in [1.807, 2.05) is 12.1 Å². The lowest BCUT2D eigenvalue weighted by Gasteiger charge is -2.23. The quantitative estimate of drug-likeness (QED) is 0.639. The number of hydrogen-bond acceptors (Lipinski definition) is 4. The standard InChI is InChI=1S/C13H17N3O2/c17-16(18)12-4-2-1-3-11(12)15-8-6-13(10-15)5-7-14-9-13/h1-4,14H,5-10H2. The molecule has 3 rings (SSSR count). The van der Waals surface area contributed by atoms with Gasteiger partial charge >= 0.3 is 0 Å². The fourth-order valence-corrected chi connectivity index (χ4v) is 3.17. The number of nitro groups is 1. The Hall–Kier alpha value is -1.62. The first-order chi connectivity index (χ1) is 8.70. The summed E-state index contributed by atoms with van der Waals surface area (Å²) in [6, 6.07) is 7.05. The highest BCUT2D eigenvalue weighted by Gasteiger charge is 2.41. The second-order valence-electron chi connectivity index (χ2n) is 5.34. The largest absolute Gasteiger partial charge is 0.365 e. The van der Waals surface area contributed by atoms with Crippen molar-refractivity contribution in [2.75, 3.05) is 31.1 Å². The molecule has 1 aromatic rings. The van der Waals surface area contributed by atoms with Gasteiger partial charge in [0.15, 0.2) is 0 Å². The van der Waals surface area contributed by atoms with Crippen molar-refractivity contribution in [3.8, 4) is 0 Å². The molecule has 1 atom stereocenters. The molecule has 5 heteroatoms. The van der Waals surface area contributed by atoms with E-state index in [4.69, 9.17) is 0 Å². The molecule has 0 radical (unpaired) electrons. The summed E-state index contributed by atoms with van der Waals surface area (Å²) in [6.07, 6.45) is 2.32. The number of para-hydroxylation sites is 2. The zero-order valence-electron chi connectivity index (χ0n) is 10.3. The highest BCUT2D eigenvalue weighted by atomic mass is 16.6. The van der Waals surface area contributed by atoms with Gasteiger partial charge in [0.1, 0.15) is 5.69 Å². The third kappa shape index (κ3) is 1.84. The molecule has 1 unspecified atom stereocenters. The van der Waals surface area contributed by atoms with Gasteiger partial charge in [0, 0.05) is 31.1 Å². The van der Waals surface area contributed by atoms with Gasteiger partial charge in [-0.2, -0.15) is 0 Å². The van der Waals surface area contributed by atoms with Gasteiger partial charge in [-0.25, -0.2) is 0 Å². The number of nitrogens with zero attached hydrogens (tertiary/aromatic N) is 2. The lowest BCUT2D eigenvalue weighted by Crippen LogP contribution is -2.29. The van der Waals surface area contributed by atoms with Crippen molar-refractivity contribution < 1.29 is 4.92 Å². The molecule has 1 aromatic carbocycles. The maximum Gasteiger partial charge on any atom is 0.292 e. The average molecular weight is 247 g/mol. The van der Waals surface area contributed by atoms with Crippen LogP contribution in [-0.2, 0) is 0 Å². The van der Waals surface area contributed by atoms with Crippen molar-refractivity contribution in [2.45, 2.75) is 12.8 Å². The predicted molar refractivity (Wildman–Crippen MR) is 69.8 cm³/mol. The van der Waals surface area contributed by atoms with E-state index in [1.54, 1.807) is 12.1 Å². The molecule has 0 saturated carbocycles. The van der Waals surface area contributed by atoms with Crippen LogP contribution in [0.25, 0.3) is 0 Å². The minimum atomic E-state index is -0.284. The van der Waals surface area contributed by atoms with Gasteiger partial charge in [0.05, 0.1) is 4.92 Å². The van der Waals surface area contributed by atoms with Crippen LogP contribution in [0.1, 0.15) is 12.8 Å². The fourth-order valence-electron chi connectivity index (χ4n) is 3.17. The van der Waals surface area contributed by atoms with Gasteiger partial charge in [-0.3, -0.25) is 10.1 Å². The van der Waals surface area contributed by atoms with Gasteiger partial charge in [-0.15, -0.1) is 0 Å². The molecule has 5 nitrogen and oxygen atoms in total. The zero-order valence-corrected chi connectivity index (χ0v) is 10.3. The molecule has 2 aliphatic rings. The van der Waals surface area contributed by atoms with Crippen molar-refractivity contribution >= 4 is 11.4 Å². The van der Waals surface area contributed by atoms with Crippen LogP contribution < -0.4 is 10.2 Å². The topological polar surface area (TPSA) is 58.4 Å². The highest BCUT2D eigenvalue weighted by Crippen LogP contribution is 2.40. The minimum absolute atomic E-state index is 0.223. The molecule has 0 bridgehead atoms. The molecular formula is C13H17N3O2. The number of rotatable bonds is 2. The van der Waals surface area contributed by atoms with Gasteiger partial charge < -0.3 is 10.2 Å². The van der Waals surface area contributed by atoms with E-state index in [-0.39, 0.29) is 10.6 Å². The van der Waals surface area contributed by atoms with E-state index < -0.39 is 0 Å². The Kier molecular flexibility index (Phi) is 2.70. The van der Waals surface area contributed by atoms with Crippen LogP contribution in [0.2, 0.25) is 0 Å². The molecule has 1 spiro atoms. The van der Waals surface area contributed by atoms with Crippen LogP contribution in [0.5, 0.6) is 0 Å². The molecule has 0 aromatic heterocycles. The average Bonchev–Trinajstić information content (AvgIpc) is 3.00. The van der Waals surface area contributed by atoms with E-state index in [0.717, 1.165) is 38.3 Å². The fraction of sp³-hybridized carbons (Fsp3) is 0.538. The molecule has 2 heterocycles. The Morgan fingerprint density at radius 1 is 1.33 bits per heavy atom. The second-order valence-corrected chi connectivity index (χ2v) is 5.34.